The Hall–Kier alpha value is -2.41. The first-order chi connectivity index (χ1) is 9.88. The SMILES string of the molecule is CC(C)n1cc(NC(=O)c2ccc([N+](=O)[O-])c(Cl)c2)cn1. The Balaban J connectivity index is 2.16. The number of anilines is 1. The first-order valence-corrected chi connectivity index (χ1v) is 6.55. The van der Waals surface area contributed by atoms with Crippen molar-refractivity contribution in [2.75, 3.05) is 5.32 Å². The van der Waals surface area contributed by atoms with E-state index in [-0.39, 0.29) is 22.3 Å². The van der Waals surface area contributed by atoms with E-state index in [1.807, 2.05) is 13.8 Å². The maximum atomic E-state index is 12.0. The lowest BCUT2D eigenvalue weighted by atomic mass is 10.2. The van der Waals surface area contributed by atoms with Crippen molar-refractivity contribution >= 4 is 28.9 Å². The van der Waals surface area contributed by atoms with Crippen LogP contribution < -0.4 is 5.32 Å². The molecule has 2 aromatic rings. The van der Waals surface area contributed by atoms with E-state index in [9.17, 15) is 14.9 Å². The molecule has 1 amide bonds. The summed E-state index contributed by atoms with van der Waals surface area (Å²) in [6.45, 7) is 3.93. The van der Waals surface area contributed by atoms with Crippen LogP contribution in [0, 0.1) is 10.1 Å². The van der Waals surface area contributed by atoms with Gasteiger partial charge in [-0.1, -0.05) is 11.6 Å². The molecule has 1 aromatic heterocycles. The third kappa shape index (κ3) is 3.38. The Bertz CT molecular complexity index is 696. The minimum atomic E-state index is -0.601. The van der Waals surface area contributed by atoms with Crippen LogP contribution in [0.1, 0.15) is 30.2 Å². The topological polar surface area (TPSA) is 90.1 Å². The highest BCUT2D eigenvalue weighted by Crippen LogP contribution is 2.25. The molecule has 0 aliphatic heterocycles. The third-order valence-electron chi connectivity index (χ3n) is 2.80. The smallest absolute Gasteiger partial charge is 0.287 e. The van der Waals surface area contributed by atoms with Crippen molar-refractivity contribution in [3.8, 4) is 0 Å². The predicted octanol–water partition coefficient (Wildman–Crippen LogP) is 3.28. The number of rotatable bonds is 4. The number of aromatic nitrogens is 2. The van der Waals surface area contributed by atoms with Crippen molar-refractivity contribution in [2.45, 2.75) is 19.9 Å². The summed E-state index contributed by atoms with van der Waals surface area (Å²) in [4.78, 5) is 22.1. The van der Waals surface area contributed by atoms with Gasteiger partial charge in [0.25, 0.3) is 11.6 Å². The number of benzene rings is 1. The molecular weight excluding hydrogens is 296 g/mol. The lowest BCUT2D eigenvalue weighted by Gasteiger charge is -2.04. The molecule has 0 atom stereocenters. The number of amides is 1. The molecule has 1 N–H and O–H groups in total. The van der Waals surface area contributed by atoms with Crippen molar-refractivity contribution in [3.63, 3.8) is 0 Å². The van der Waals surface area contributed by atoms with E-state index < -0.39 is 10.8 Å². The Labute approximate surface area is 125 Å². The Morgan fingerprint density at radius 3 is 2.71 bits per heavy atom. The predicted molar refractivity (Wildman–Crippen MR) is 78.7 cm³/mol. The van der Waals surface area contributed by atoms with Gasteiger partial charge in [-0.3, -0.25) is 19.6 Å². The van der Waals surface area contributed by atoms with Gasteiger partial charge in [0, 0.05) is 23.9 Å². The summed E-state index contributed by atoms with van der Waals surface area (Å²) >= 11 is 5.78. The molecule has 1 heterocycles. The van der Waals surface area contributed by atoms with Crippen LogP contribution in [0.15, 0.2) is 30.6 Å². The summed E-state index contributed by atoms with van der Waals surface area (Å²) in [5, 5.41) is 17.4. The normalized spacial score (nSPS) is 10.7. The summed E-state index contributed by atoms with van der Waals surface area (Å²) in [5.41, 5.74) is 0.548. The molecule has 1 aromatic carbocycles. The number of nitro benzene ring substituents is 1. The highest BCUT2D eigenvalue weighted by molar-refractivity contribution is 6.33. The first kappa shape index (κ1) is 15.0. The lowest BCUT2D eigenvalue weighted by molar-refractivity contribution is -0.384. The zero-order valence-electron chi connectivity index (χ0n) is 11.4. The Morgan fingerprint density at radius 1 is 1.48 bits per heavy atom. The summed E-state index contributed by atoms with van der Waals surface area (Å²) in [6.07, 6.45) is 3.24. The highest BCUT2D eigenvalue weighted by atomic mass is 35.5. The monoisotopic (exact) mass is 308 g/mol. The number of nitrogens with one attached hydrogen (secondary N) is 1. The molecule has 21 heavy (non-hydrogen) atoms. The highest BCUT2D eigenvalue weighted by Gasteiger charge is 2.15. The van der Waals surface area contributed by atoms with Crippen LogP contribution in [-0.4, -0.2) is 20.6 Å². The van der Waals surface area contributed by atoms with Crippen molar-refractivity contribution in [1.82, 2.24) is 9.78 Å². The second-order valence-electron chi connectivity index (χ2n) is 4.68. The molecule has 7 nitrogen and oxygen atoms in total. The fourth-order valence-corrected chi connectivity index (χ4v) is 1.93. The Kier molecular flexibility index (Phi) is 4.23. The van der Waals surface area contributed by atoms with Crippen molar-refractivity contribution < 1.29 is 9.72 Å². The maximum absolute atomic E-state index is 12.0. The average Bonchev–Trinajstić information content (AvgIpc) is 2.86. The minimum absolute atomic E-state index is 0.0782. The van der Waals surface area contributed by atoms with Gasteiger partial charge in [-0.15, -0.1) is 0 Å². The van der Waals surface area contributed by atoms with Crippen LogP contribution in [-0.2, 0) is 0 Å². The zero-order chi connectivity index (χ0) is 15.6. The van der Waals surface area contributed by atoms with E-state index in [1.165, 1.54) is 24.4 Å². The van der Waals surface area contributed by atoms with E-state index >= 15 is 0 Å². The molecule has 0 fully saturated rings. The molecule has 0 aliphatic carbocycles. The standard InChI is InChI=1S/C13H13ClN4O3/c1-8(2)17-7-10(6-15-17)16-13(19)9-3-4-12(18(20)21)11(14)5-9/h3-8H,1-2H3,(H,16,19). The number of carbonyl (C=O) groups excluding carboxylic acids is 1. The van der Waals surface area contributed by atoms with Gasteiger partial charge < -0.3 is 5.32 Å². The van der Waals surface area contributed by atoms with E-state index in [0.29, 0.717) is 5.69 Å². The van der Waals surface area contributed by atoms with Crippen LogP contribution in [0.25, 0.3) is 0 Å². The molecule has 0 spiro atoms. The lowest BCUT2D eigenvalue weighted by Crippen LogP contribution is -2.11. The molecular formula is C13H13ClN4O3. The molecule has 8 heteroatoms. The van der Waals surface area contributed by atoms with Crippen molar-refractivity contribution in [2.24, 2.45) is 0 Å². The van der Waals surface area contributed by atoms with Gasteiger partial charge in [0.2, 0.25) is 0 Å². The fraction of sp³-hybridized carbons (Fsp3) is 0.231. The van der Waals surface area contributed by atoms with Gasteiger partial charge in [0.1, 0.15) is 5.02 Å². The number of hydrogen-bond acceptors (Lipinski definition) is 4. The van der Waals surface area contributed by atoms with Gasteiger partial charge in [-0.25, -0.2) is 0 Å². The van der Waals surface area contributed by atoms with E-state index in [1.54, 1.807) is 10.9 Å². The fourth-order valence-electron chi connectivity index (χ4n) is 1.68. The Morgan fingerprint density at radius 2 is 2.19 bits per heavy atom. The second kappa shape index (κ2) is 5.92. The summed E-state index contributed by atoms with van der Waals surface area (Å²) in [6, 6.07) is 4.01. The van der Waals surface area contributed by atoms with Crippen molar-refractivity contribution in [3.05, 3.63) is 51.3 Å². The van der Waals surface area contributed by atoms with Crippen LogP contribution in [0.5, 0.6) is 0 Å². The molecule has 110 valence electrons. The van der Waals surface area contributed by atoms with Gasteiger partial charge in [-0.2, -0.15) is 5.10 Å². The number of nitro groups is 1. The first-order valence-electron chi connectivity index (χ1n) is 6.18. The van der Waals surface area contributed by atoms with Gasteiger partial charge in [0.15, 0.2) is 0 Å². The van der Waals surface area contributed by atoms with E-state index in [0.717, 1.165) is 0 Å². The minimum Gasteiger partial charge on any atom is -0.319 e. The van der Waals surface area contributed by atoms with Gasteiger partial charge >= 0.3 is 0 Å². The molecule has 2 rings (SSSR count). The zero-order valence-corrected chi connectivity index (χ0v) is 12.2. The van der Waals surface area contributed by atoms with Crippen LogP contribution in [0.2, 0.25) is 5.02 Å². The molecule has 0 radical (unpaired) electrons. The van der Waals surface area contributed by atoms with E-state index in [4.69, 9.17) is 11.6 Å². The molecule has 0 saturated carbocycles. The average molecular weight is 309 g/mol. The van der Waals surface area contributed by atoms with Gasteiger partial charge in [0.05, 0.1) is 16.8 Å². The van der Waals surface area contributed by atoms with Gasteiger partial charge in [-0.05, 0) is 26.0 Å². The van der Waals surface area contributed by atoms with E-state index in [2.05, 4.69) is 10.4 Å². The number of hydrogen-bond donors (Lipinski definition) is 1. The third-order valence-corrected chi connectivity index (χ3v) is 3.10. The largest absolute Gasteiger partial charge is 0.319 e. The summed E-state index contributed by atoms with van der Waals surface area (Å²) in [5.74, 6) is -0.407. The van der Waals surface area contributed by atoms with Crippen LogP contribution in [0.4, 0.5) is 11.4 Å². The molecule has 0 bridgehead atoms. The second-order valence-corrected chi connectivity index (χ2v) is 5.09. The van der Waals surface area contributed by atoms with Crippen molar-refractivity contribution in [1.29, 1.82) is 0 Å². The molecule has 0 aliphatic rings. The molecule has 0 saturated heterocycles. The van der Waals surface area contributed by atoms with Crippen LogP contribution in [0.3, 0.4) is 0 Å². The van der Waals surface area contributed by atoms with Crippen LogP contribution >= 0.6 is 11.6 Å². The number of halogens is 1. The molecule has 0 unspecified atom stereocenters. The quantitative estimate of drug-likeness (QED) is 0.693. The number of nitrogens with zero attached hydrogens (tertiary/aromatic N) is 3. The summed E-state index contributed by atoms with van der Waals surface area (Å²) in [7, 11) is 0. The summed E-state index contributed by atoms with van der Waals surface area (Å²) < 4.78 is 1.71. The number of carbonyl (C=O) groups is 1. The maximum Gasteiger partial charge on any atom is 0.287 e.